The van der Waals surface area contributed by atoms with Gasteiger partial charge in [0.1, 0.15) is 6.10 Å². The van der Waals surface area contributed by atoms with Crippen LogP contribution in [0.3, 0.4) is 0 Å². The van der Waals surface area contributed by atoms with E-state index >= 15 is 0 Å². The molecule has 19 heavy (non-hydrogen) atoms. The van der Waals surface area contributed by atoms with Crippen LogP contribution in [0.4, 0.5) is 0 Å². The molecule has 0 heterocycles. The molecule has 106 valence electrons. The summed E-state index contributed by atoms with van der Waals surface area (Å²) >= 11 is 5.95. The quantitative estimate of drug-likeness (QED) is 0.684. The largest absolute Gasteiger partial charge is 0.465 e. The molecule has 2 atom stereocenters. The summed E-state index contributed by atoms with van der Waals surface area (Å²) in [5.74, 6) is -0.540. The van der Waals surface area contributed by atoms with Crippen molar-refractivity contribution in [3.63, 3.8) is 0 Å². The molecule has 6 heteroatoms. The van der Waals surface area contributed by atoms with Crippen LogP contribution in [0.25, 0.3) is 0 Å². The lowest BCUT2D eigenvalue weighted by molar-refractivity contribution is 0.0140. The summed E-state index contributed by atoms with van der Waals surface area (Å²) in [7, 11) is 3.03. The molecule has 0 spiro atoms. The van der Waals surface area contributed by atoms with Gasteiger partial charge in [0.25, 0.3) is 0 Å². The fourth-order valence-corrected chi connectivity index (χ4v) is 1.93. The van der Waals surface area contributed by atoms with Crippen LogP contribution in [0.5, 0.6) is 0 Å². The van der Waals surface area contributed by atoms with Crippen LogP contribution in [-0.4, -0.2) is 43.0 Å². The molecule has 0 saturated carbocycles. The van der Waals surface area contributed by atoms with Crippen molar-refractivity contribution in [3.8, 4) is 0 Å². The highest BCUT2D eigenvalue weighted by Crippen LogP contribution is 2.25. The van der Waals surface area contributed by atoms with Gasteiger partial charge in [-0.1, -0.05) is 17.7 Å². The van der Waals surface area contributed by atoms with Gasteiger partial charge >= 0.3 is 5.97 Å². The molecule has 0 aromatic heterocycles. The van der Waals surface area contributed by atoms with Gasteiger partial charge < -0.3 is 20.3 Å². The lowest BCUT2D eigenvalue weighted by Crippen LogP contribution is -2.23. The van der Waals surface area contributed by atoms with E-state index in [1.54, 1.807) is 13.1 Å². The summed E-state index contributed by atoms with van der Waals surface area (Å²) in [4.78, 5) is 11.4. The molecule has 5 nitrogen and oxygen atoms in total. The Hall–Kier alpha value is -1.14. The first-order valence-electron chi connectivity index (χ1n) is 5.89. The molecule has 0 aliphatic rings. The molecule has 1 aromatic carbocycles. The van der Waals surface area contributed by atoms with Gasteiger partial charge in [0, 0.05) is 0 Å². The van der Waals surface area contributed by atoms with Crippen molar-refractivity contribution < 1.29 is 19.7 Å². The fraction of sp³-hybridized carbons (Fsp3) is 0.462. The summed E-state index contributed by atoms with van der Waals surface area (Å²) in [5.41, 5.74) is 0.686. The zero-order valence-corrected chi connectivity index (χ0v) is 11.6. The number of carbonyl (C=O) groups excluding carboxylic acids is 1. The molecule has 0 aliphatic carbocycles. The maximum Gasteiger partial charge on any atom is 0.339 e. The first-order chi connectivity index (χ1) is 9.01. The summed E-state index contributed by atoms with van der Waals surface area (Å²) < 4.78 is 4.57. The predicted molar refractivity (Wildman–Crippen MR) is 72.3 cm³/mol. The average molecular weight is 288 g/mol. The minimum atomic E-state index is -1.04. The topological polar surface area (TPSA) is 78.8 Å². The Morgan fingerprint density at radius 2 is 2.16 bits per heavy atom. The number of halogens is 1. The Morgan fingerprint density at radius 1 is 1.47 bits per heavy atom. The smallest absolute Gasteiger partial charge is 0.339 e. The summed E-state index contributed by atoms with van der Waals surface area (Å²) in [6.07, 6.45) is -1.53. The van der Waals surface area contributed by atoms with Crippen LogP contribution in [0.2, 0.25) is 5.02 Å². The van der Waals surface area contributed by atoms with Crippen LogP contribution in [0.15, 0.2) is 18.2 Å². The van der Waals surface area contributed by atoms with Crippen molar-refractivity contribution in [2.45, 2.75) is 18.6 Å². The monoisotopic (exact) mass is 287 g/mol. The third-order valence-corrected chi connectivity index (χ3v) is 3.11. The van der Waals surface area contributed by atoms with Gasteiger partial charge in [-0.25, -0.2) is 4.79 Å². The number of rotatable bonds is 6. The summed E-state index contributed by atoms with van der Waals surface area (Å²) in [6.45, 7) is 0.589. The van der Waals surface area contributed by atoms with Crippen molar-refractivity contribution >= 4 is 17.6 Å². The average Bonchev–Trinajstić information content (AvgIpc) is 2.42. The molecule has 3 N–H and O–H groups in total. The number of aliphatic hydroxyl groups excluding tert-OH is 2. The van der Waals surface area contributed by atoms with E-state index in [1.807, 2.05) is 0 Å². The SMILES string of the molecule is CNCCC(O)C(O)c1ccc(C(=O)OC)c(Cl)c1. The molecule has 1 rings (SSSR count). The van der Waals surface area contributed by atoms with Gasteiger partial charge in [0.15, 0.2) is 0 Å². The number of ether oxygens (including phenoxy) is 1. The Labute approximate surface area is 117 Å². The predicted octanol–water partition coefficient (Wildman–Crippen LogP) is 1.13. The highest BCUT2D eigenvalue weighted by atomic mass is 35.5. The standard InChI is InChI=1S/C13H18ClNO4/c1-15-6-5-11(16)12(17)8-3-4-9(10(14)7-8)13(18)19-2/h3-4,7,11-12,15-17H,5-6H2,1-2H3. The van der Waals surface area contributed by atoms with Gasteiger partial charge in [-0.2, -0.15) is 0 Å². The van der Waals surface area contributed by atoms with Crippen LogP contribution in [-0.2, 0) is 4.74 Å². The lowest BCUT2D eigenvalue weighted by atomic mass is 10.0. The third-order valence-electron chi connectivity index (χ3n) is 2.79. The zero-order chi connectivity index (χ0) is 14.4. The van der Waals surface area contributed by atoms with Crippen molar-refractivity contribution in [1.82, 2.24) is 5.32 Å². The van der Waals surface area contributed by atoms with E-state index in [2.05, 4.69) is 10.1 Å². The van der Waals surface area contributed by atoms with Crippen molar-refractivity contribution in [3.05, 3.63) is 34.3 Å². The highest BCUT2D eigenvalue weighted by molar-refractivity contribution is 6.33. The van der Waals surface area contributed by atoms with E-state index in [0.717, 1.165) is 0 Å². The second-order valence-corrected chi connectivity index (χ2v) is 4.54. The minimum absolute atomic E-state index is 0.184. The van der Waals surface area contributed by atoms with Crippen molar-refractivity contribution in [1.29, 1.82) is 0 Å². The van der Waals surface area contributed by atoms with E-state index in [9.17, 15) is 15.0 Å². The van der Waals surface area contributed by atoms with E-state index in [-0.39, 0.29) is 10.6 Å². The number of aliphatic hydroxyl groups is 2. The molecule has 0 bridgehead atoms. The number of methoxy groups -OCH3 is 1. The number of hydrogen-bond donors (Lipinski definition) is 3. The highest BCUT2D eigenvalue weighted by Gasteiger charge is 2.20. The normalized spacial score (nSPS) is 13.9. The molecule has 2 unspecified atom stereocenters. The molecular weight excluding hydrogens is 270 g/mol. The third kappa shape index (κ3) is 4.18. The first kappa shape index (κ1) is 15.9. The maximum atomic E-state index is 11.4. The Kier molecular flexibility index (Phi) is 6.24. The van der Waals surface area contributed by atoms with E-state index in [4.69, 9.17) is 11.6 Å². The van der Waals surface area contributed by atoms with Crippen LogP contribution >= 0.6 is 11.6 Å². The zero-order valence-electron chi connectivity index (χ0n) is 10.9. The van der Waals surface area contributed by atoms with Crippen molar-refractivity contribution in [2.24, 2.45) is 0 Å². The van der Waals surface area contributed by atoms with Crippen LogP contribution in [0.1, 0.15) is 28.4 Å². The van der Waals surface area contributed by atoms with Gasteiger partial charge in [-0.05, 0) is 37.7 Å². The second-order valence-electron chi connectivity index (χ2n) is 4.14. The Balaban J connectivity index is 2.85. The number of nitrogens with one attached hydrogen (secondary N) is 1. The first-order valence-corrected chi connectivity index (χ1v) is 6.27. The molecular formula is C13H18ClNO4. The number of esters is 1. The lowest BCUT2D eigenvalue weighted by Gasteiger charge is -2.18. The van der Waals surface area contributed by atoms with E-state index in [1.165, 1.54) is 19.2 Å². The molecule has 0 aliphatic heterocycles. The number of carbonyl (C=O) groups is 1. The number of hydrogen-bond acceptors (Lipinski definition) is 5. The maximum absolute atomic E-state index is 11.4. The Bertz CT molecular complexity index is 439. The fourth-order valence-electron chi connectivity index (χ4n) is 1.66. The number of benzene rings is 1. The van der Waals surface area contributed by atoms with Gasteiger partial charge in [0.2, 0.25) is 0 Å². The van der Waals surface area contributed by atoms with E-state index in [0.29, 0.717) is 18.5 Å². The molecule has 0 saturated heterocycles. The van der Waals surface area contributed by atoms with Gasteiger partial charge in [-0.3, -0.25) is 0 Å². The molecule has 0 radical (unpaired) electrons. The van der Waals surface area contributed by atoms with Crippen molar-refractivity contribution in [2.75, 3.05) is 20.7 Å². The van der Waals surface area contributed by atoms with Gasteiger partial charge in [0.05, 0.1) is 23.8 Å². The van der Waals surface area contributed by atoms with Crippen LogP contribution < -0.4 is 5.32 Å². The molecule has 0 fully saturated rings. The molecule has 0 amide bonds. The van der Waals surface area contributed by atoms with Gasteiger partial charge in [-0.15, -0.1) is 0 Å². The minimum Gasteiger partial charge on any atom is -0.465 e. The van der Waals surface area contributed by atoms with Crippen LogP contribution in [0, 0.1) is 0 Å². The Morgan fingerprint density at radius 3 is 2.68 bits per heavy atom. The van der Waals surface area contributed by atoms with E-state index < -0.39 is 18.2 Å². The molecule has 1 aromatic rings. The summed E-state index contributed by atoms with van der Waals surface area (Å²) in [6, 6.07) is 4.48. The second kappa shape index (κ2) is 7.45. The summed E-state index contributed by atoms with van der Waals surface area (Å²) in [5, 5.41) is 22.8.